The van der Waals surface area contributed by atoms with Crippen molar-refractivity contribution in [3.63, 3.8) is 0 Å². The van der Waals surface area contributed by atoms with Gasteiger partial charge in [0, 0.05) is 58.0 Å². The maximum absolute atomic E-state index is 5.54. The van der Waals surface area contributed by atoms with Gasteiger partial charge in [-0.15, -0.1) is 0 Å². The van der Waals surface area contributed by atoms with Crippen molar-refractivity contribution in [1.82, 2.24) is 15.1 Å². The minimum absolute atomic E-state index is 0.269. The zero-order chi connectivity index (χ0) is 12.1. The molecule has 2 heterocycles. The molecule has 0 atom stereocenters. The van der Waals surface area contributed by atoms with Crippen LogP contribution in [0.5, 0.6) is 0 Å². The summed E-state index contributed by atoms with van der Waals surface area (Å²) in [6.45, 7) is 14.7. The van der Waals surface area contributed by atoms with Gasteiger partial charge in [-0.1, -0.05) is 0 Å². The van der Waals surface area contributed by atoms with E-state index in [1.54, 1.807) is 0 Å². The van der Waals surface area contributed by atoms with Gasteiger partial charge in [0.05, 0.1) is 6.61 Å². The van der Waals surface area contributed by atoms with Crippen molar-refractivity contribution in [2.75, 3.05) is 59.0 Å². The second-order valence-electron chi connectivity index (χ2n) is 5.79. The molecule has 2 aliphatic rings. The monoisotopic (exact) mass is 241 g/mol. The van der Waals surface area contributed by atoms with Crippen LogP contribution in [0.15, 0.2) is 0 Å². The van der Waals surface area contributed by atoms with Gasteiger partial charge in [-0.05, 0) is 20.3 Å². The Hall–Kier alpha value is -0.160. The fourth-order valence-corrected chi connectivity index (χ4v) is 2.87. The van der Waals surface area contributed by atoms with Gasteiger partial charge in [0.1, 0.15) is 0 Å². The zero-order valence-electron chi connectivity index (χ0n) is 11.4. The van der Waals surface area contributed by atoms with Gasteiger partial charge < -0.3 is 10.1 Å². The Morgan fingerprint density at radius 2 is 1.82 bits per heavy atom. The molecule has 1 N–H and O–H groups in total. The highest BCUT2D eigenvalue weighted by atomic mass is 16.5. The lowest BCUT2D eigenvalue weighted by atomic mass is 10.0. The summed E-state index contributed by atoms with van der Waals surface area (Å²) in [5.74, 6) is 0. The predicted octanol–water partition coefficient (Wildman–Crippen LogP) is 0.393. The first-order valence-corrected chi connectivity index (χ1v) is 6.94. The van der Waals surface area contributed by atoms with E-state index in [0.717, 1.165) is 32.8 Å². The van der Waals surface area contributed by atoms with Crippen molar-refractivity contribution in [1.29, 1.82) is 0 Å². The van der Waals surface area contributed by atoms with Crippen molar-refractivity contribution < 1.29 is 4.74 Å². The van der Waals surface area contributed by atoms with Crippen LogP contribution in [-0.4, -0.2) is 74.4 Å². The first-order chi connectivity index (χ1) is 8.18. The number of hydrogen-bond acceptors (Lipinski definition) is 4. The van der Waals surface area contributed by atoms with Gasteiger partial charge in [0.2, 0.25) is 0 Å². The van der Waals surface area contributed by atoms with Gasteiger partial charge in [-0.25, -0.2) is 0 Å². The average Bonchev–Trinajstić information content (AvgIpc) is 2.58. The van der Waals surface area contributed by atoms with Crippen LogP contribution in [0.1, 0.15) is 20.3 Å². The van der Waals surface area contributed by atoms with Crippen LogP contribution in [0.2, 0.25) is 0 Å². The molecule has 0 aliphatic carbocycles. The van der Waals surface area contributed by atoms with Gasteiger partial charge in [-0.2, -0.15) is 0 Å². The highest BCUT2D eigenvalue weighted by molar-refractivity contribution is 4.87. The molecule has 17 heavy (non-hydrogen) atoms. The molecule has 2 aliphatic heterocycles. The quantitative estimate of drug-likeness (QED) is 0.774. The van der Waals surface area contributed by atoms with Gasteiger partial charge in [0.25, 0.3) is 0 Å². The Balaban J connectivity index is 1.86. The first-order valence-electron chi connectivity index (χ1n) is 6.94. The van der Waals surface area contributed by atoms with Crippen LogP contribution < -0.4 is 5.32 Å². The molecule has 2 fully saturated rings. The Kier molecular flexibility index (Phi) is 4.79. The van der Waals surface area contributed by atoms with E-state index in [0.29, 0.717) is 0 Å². The number of hydrogen-bond donors (Lipinski definition) is 1. The molecule has 0 radical (unpaired) electrons. The van der Waals surface area contributed by atoms with Crippen LogP contribution in [0, 0.1) is 0 Å². The summed E-state index contributed by atoms with van der Waals surface area (Å²) in [4.78, 5) is 5.18. The Bertz CT molecular complexity index is 219. The second-order valence-corrected chi connectivity index (χ2v) is 5.79. The summed E-state index contributed by atoms with van der Waals surface area (Å²) in [6, 6.07) is 0. The normalized spacial score (nSPS) is 25.8. The van der Waals surface area contributed by atoms with Crippen molar-refractivity contribution >= 4 is 0 Å². The molecule has 4 nitrogen and oxygen atoms in total. The van der Waals surface area contributed by atoms with Crippen molar-refractivity contribution in [3.8, 4) is 0 Å². The van der Waals surface area contributed by atoms with E-state index in [-0.39, 0.29) is 5.54 Å². The number of piperazine rings is 1. The Labute approximate surface area is 105 Å². The average molecular weight is 241 g/mol. The standard InChI is InChI=1S/C13H27N3O/c1-13(2,12-15-7-4-14-5-8-15)16-6-3-10-17-11-9-16/h14H,3-12H2,1-2H3. The van der Waals surface area contributed by atoms with Crippen molar-refractivity contribution in [2.24, 2.45) is 0 Å². The smallest absolute Gasteiger partial charge is 0.0593 e. The number of nitrogens with one attached hydrogen (secondary N) is 1. The van der Waals surface area contributed by atoms with E-state index in [9.17, 15) is 0 Å². The van der Waals surface area contributed by atoms with E-state index in [1.165, 1.54) is 32.6 Å². The van der Waals surface area contributed by atoms with Crippen molar-refractivity contribution in [3.05, 3.63) is 0 Å². The fourth-order valence-electron chi connectivity index (χ4n) is 2.87. The maximum Gasteiger partial charge on any atom is 0.0593 e. The minimum Gasteiger partial charge on any atom is -0.380 e. The highest BCUT2D eigenvalue weighted by Crippen LogP contribution is 2.18. The third-order valence-corrected chi connectivity index (χ3v) is 3.90. The largest absolute Gasteiger partial charge is 0.380 e. The molecule has 0 aromatic rings. The van der Waals surface area contributed by atoms with E-state index in [4.69, 9.17) is 4.74 Å². The van der Waals surface area contributed by atoms with E-state index < -0.39 is 0 Å². The molecular formula is C13H27N3O. The van der Waals surface area contributed by atoms with Crippen LogP contribution in [0.4, 0.5) is 0 Å². The number of ether oxygens (including phenoxy) is 1. The second kappa shape index (κ2) is 6.14. The fraction of sp³-hybridized carbons (Fsp3) is 1.00. The van der Waals surface area contributed by atoms with Crippen LogP contribution >= 0.6 is 0 Å². The molecule has 0 bridgehead atoms. The summed E-state index contributed by atoms with van der Waals surface area (Å²) in [6.07, 6.45) is 1.17. The lowest BCUT2D eigenvalue weighted by Crippen LogP contribution is -2.55. The lowest BCUT2D eigenvalue weighted by Gasteiger charge is -2.42. The van der Waals surface area contributed by atoms with Gasteiger partial charge >= 0.3 is 0 Å². The predicted molar refractivity (Wildman–Crippen MR) is 70.4 cm³/mol. The minimum atomic E-state index is 0.269. The van der Waals surface area contributed by atoms with Gasteiger partial charge in [0.15, 0.2) is 0 Å². The molecule has 0 amide bonds. The van der Waals surface area contributed by atoms with Crippen molar-refractivity contribution in [2.45, 2.75) is 25.8 Å². The molecular weight excluding hydrogens is 214 g/mol. The molecule has 2 rings (SSSR count). The Morgan fingerprint density at radius 1 is 1.06 bits per heavy atom. The maximum atomic E-state index is 5.54. The summed E-state index contributed by atoms with van der Waals surface area (Å²) in [7, 11) is 0. The molecule has 0 spiro atoms. The highest BCUT2D eigenvalue weighted by Gasteiger charge is 2.29. The third kappa shape index (κ3) is 3.91. The van der Waals surface area contributed by atoms with Crippen LogP contribution in [-0.2, 0) is 4.74 Å². The topological polar surface area (TPSA) is 27.7 Å². The summed E-state index contributed by atoms with van der Waals surface area (Å²) in [5, 5.41) is 3.41. The zero-order valence-corrected chi connectivity index (χ0v) is 11.4. The number of rotatable bonds is 3. The molecule has 2 saturated heterocycles. The van der Waals surface area contributed by atoms with Crippen LogP contribution in [0.3, 0.4) is 0 Å². The Morgan fingerprint density at radius 3 is 2.59 bits per heavy atom. The van der Waals surface area contributed by atoms with Gasteiger partial charge in [-0.3, -0.25) is 9.80 Å². The van der Waals surface area contributed by atoms with Crippen LogP contribution in [0.25, 0.3) is 0 Å². The summed E-state index contributed by atoms with van der Waals surface area (Å²) < 4.78 is 5.54. The van der Waals surface area contributed by atoms with E-state index in [1.807, 2.05) is 0 Å². The molecule has 0 saturated carbocycles. The van der Waals surface area contributed by atoms with E-state index >= 15 is 0 Å². The molecule has 0 aromatic heterocycles. The first kappa shape index (κ1) is 13.3. The van der Waals surface area contributed by atoms with E-state index in [2.05, 4.69) is 29.0 Å². The molecule has 4 heteroatoms. The molecule has 0 aromatic carbocycles. The third-order valence-electron chi connectivity index (χ3n) is 3.90. The molecule has 0 unspecified atom stereocenters. The number of nitrogens with zero attached hydrogens (tertiary/aromatic N) is 2. The SMILES string of the molecule is CC(C)(CN1CCNCC1)N1CCCOCC1. The summed E-state index contributed by atoms with van der Waals surface area (Å²) in [5.41, 5.74) is 0.269. The lowest BCUT2D eigenvalue weighted by molar-refractivity contribution is 0.0631. The molecule has 100 valence electrons. The summed E-state index contributed by atoms with van der Waals surface area (Å²) >= 11 is 0.